The van der Waals surface area contributed by atoms with E-state index in [1.807, 2.05) is 13.0 Å². The van der Waals surface area contributed by atoms with Gasteiger partial charge in [0.1, 0.15) is 5.75 Å². The zero-order valence-electron chi connectivity index (χ0n) is 11.4. The summed E-state index contributed by atoms with van der Waals surface area (Å²) in [7, 11) is 0. The van der Waals surface area contributed by atoms with E-state index in [9.17, 15) is 0 Å². The molecular formula is C15H24N2O. The van der Waals surface area contributed by atoms with E-state index >= 15 is 0 Å². The topological polar surface area (TPSA) is 47.3 Å². The van der Waals surface area contributed by atoms with E-state index in [1.54, 1.807) is 0 Å². The second-order valence-corrected chi connectivity index (χ2v) is 5.02. The van der Waals surface area contributed by atoms with Crippen LogP contribution in [-0.2, 0) is 0 Å². The third kappa shape index (κ3) is 3.03. The number of piperidine rings is 1. The lowest BCUT2D eigenvalue weighted by Gasteiger charge is -2.35. The van der Waals surface area contributed by atoms with Crippen LogP contribution in [0.3, 0.4) is 0 Å². The molecule has 0 radical (unpaired) electrons. The summed E-state index contributed by atoms with van der Waals surface area (Å²) >= 11 is 0. The van der Waals surface area contributed by atoms with E-state index in [0.717, 1.165) is 25.1 Å². The van der Waals surface area contributed by atoms with Gasteiger partial charge < -0.3 is 15.8 Å². The quantitative estimate of drug-likeness (QED) is 0.859. The highest BCUT2D eigenvalue weighted by molar-refractivity contribution is 5.31. The minimum absolute atomic E-state index is 0.254. The summed E-state index contributed by atoms with van der Waals surface area (Å²) in [4.78, 5) is 0. The van der Waals surface area contributed by atoms with Gasteiger partial charge in [0.2, 0.25) is 0 Å². The first-order chi connectivity index (χ1) is 8.74. The molecule has 0 spiro atoms. The molecule has 1 aromatic rings. The van der Waals surface area contributed by atoms with Crippen LogP contribution in [0.15, 0.2) is 24.3 Å². The number of nitrogens with one attached hydrogen (secondary N) is 1. The van der Waals surface area contributed by atoms with Crippen LogP contribution in [0.25, 0.3) is 0 Å². The first-order valence-electron chi connectivity index (χ1n) is 6.96. The average molecular weight is 248 g/mol. The largest absolute Gasteiger partial charge is 0.494 e. The van der Waals surface area contributed by atoms with Crippen LogP contribution in [0.4, 0.5) is 0 Å². The predicted octanol–water partition coefficient (Wildman–Crippen LogP) is 2.27. The lowest BCUT2D eigenvalue weighted by Crippen LogP contribution is -2.51. The minimum atomic E-state index is 0.254. The first-order valence-corrected chi connectivity index (χ1v) is 6.96. The van der Waals surface area contributed by atoms with Crippen LogP contribution in [0.1, 0.15) is 38.2 Å². The lowest BCUT2D eigenvalue weighted by molar-refractivity contribution is 0.312. The number of hydrogen-bond acceptors (Lipinski definition) is 3. The Morgan fingerprint density at radius 2 is 2.22 bits per heavy atom. The number of ether oxygens (including phenoxy) is 1. The molecule has 1 aromatic carbocycles. The van der Waals surface area contributed by atoms with Crippen molar-refractivity contribution in [2.45, 2.75) is 44.7 Å². The summed E-state index contributed by atoms with van der Waals surface area (Å²) in [5, 5.41) is 3.55. The fraction of sp³-hybridized carbons (Fsp3) is 0.600. The fourth-order valence-corrected chi connectivity index (χ4v) is 2.75. The van der Waals surface area contributed by atoms with Gasteiger partial charge in [-0.05, 0) is 43.4 Å². The SMILES string of the molecule is CCOc1cccc(C2CNC(CC)C(N)C2)c1. The molecule has 1 aliphatic heterocycles. The van der Waals surface area contributed by atoms with Crippen molar-refractivity contribution in [3.8, 4) is 5.75 Å². The molecule has 1 aliphatic rings. The summed E-state index contributed by atoms with van der Waals surface area (Å²) in [5.74, 6) is 1.46. The number of hydrogen-bond donors (Lipinski definition) is 2. The second-order valence-electron chi connectivity index (χ2n) is 5.02. The molecule has 3 atom stereocenters. The Balaban J connectivity index is 2.05. The van der Waals surface area contributed by atoms with Crippen molar-refractivity contribution in [2.75, 3.05) is 13.2 Å². The monoisotopic (exact) mass is 248 g/mol. The molecule has 3 heteroatoms. The van der Waals surface area contributed by atoms with Crippen molar-refractivity contribution >= 4 is 0 Å². The molecule has 0 bridgehead atoms. The molecule has 1 saturated heterocycles. The maximum atomic E-state index is 6.22. The minimum Gasteiger partial charge on any atom is -0.494 e. The van der Waals surface area contributed by atoms with Crippen molar-refractivity contribution < 1.29 is 4.74 Å². The molecule has 0 saturated carbocycles. The molecule has 1 heterocycles. The predicted molar refractivity (Wildman–Crippen MR) is 75.0 cm³/mol. The van der Waals surface area contributed by atoms with Gasteiger partial charge in [-0.3, -0.25) is 0 Å². The van der Waals surface area contributed by atoms with Crippen molar-refractivity contribution in [3.63, 3.8) is 0 Å². The van der Waals surface area contributed by atoms with Crippen LogP contribution in [0, 0.1) is 0 Å². The van der Waals surface area contributed by atoms with E-state index in [-0.39, 0.29) is 6.04 Å². The molecule has 1 fully saturated rings. The van der Waals surface area contributed by atoms with E-state index in [4.69, 9.17) is 10.5 Å². The Bertz CT molecular complexity index is 381. The van der Waals surface area contributed by atoms with Gasteiger partial charge in [0.05, 0.1) is 6.61 Å². The first kappa shape index (κ1) is 13.4. The highest BCUT2D eigenvalue weighted by Crippen LogP contribution is 2.28. The lowest BCUT2D eigenvalue weighted by atomic mass is 9.85. The summed E-state index contributed by atoms with van der Waals surface area (Å²) in [6, 6.07) is 9.12. The molecule has 100 valence electrons. The molecule has 3 N–H and O–H groups in total. The van der Waals surface area contributed by atoms with E-state index in [2.05, 4.69) is 30.4 Å². The number of nitrogens with two attached hydrogens (primary N) is 1. The van der Waals surface area contributed by atoms with Crippen LogP contribution in [-0.4, -0.2) is 25.2 Å². The summed E-state index contributed by atoms with van der Waals surface area (Å²) in [5.41, 5.74) is 7.55. The van der Waals surface area contributed by atoms with E-state index in [1.165, 1.54) is 5.56 Å². The molecule has 0 aromatic heterocycles. The van der Waals surface area contributed by atoms with Gasteiger partial charge in [0.25, 0.3) is 0 Å². The molecular weight excluding hydrogens is 224 g/mol. The van der Waals surface area contributed by atoms with Crippen molar-refractivity contribution in [2.24, 2.45) is 5.73 Å². The Morgan fingerprint density at radius 3 is 2.89 bits per heavy atom. The van der Waals surface area contributed by atoms with Gasteiger partial charge in [-0.1, -0.05) is 19.1 Å². The third-order valence-electron chi connectivity index (χ3n) is 3.78. The van der Waals surface area contributed by atoms with E-state index < -0.39 is 0 Å². The normalized spacial score (nSPS) is 28.1. The smallest absolute Gasteiger partial charge is 0.119 e. The highest BCUT2D eigenvalue weighted by atomic mass is 16.5. The molecule has 3 unspecified atom stereocenters. The van der Waals surface area contributed by atoms with Gasteiger partial charge in [0, 0.05) is 18.6 Å². The summed E-state index contributed by atoms with van der Waals surface area (Å²) in [6.45, 7) is 5.93. The highest BCUT2D eigenvalue weighted by Gasteiger charge is 2.27. The zero-order chi connectivity index (χ0) is 13.0. The van der Waals surface area contributed by atoms with Crippen molar-refractivity contribution in [3.05, 3.63) is 29.8 Å². The van der Waals surface area contributed by atoms with Crippen LogP contribution < -0.4 is 15.8 Å². The van der Waals surface area contributed by atoms with Crippen LogP contribution in [0.2, 0.25) is 0 Å². The molecule has 3 nitrogen and oxygen atoms in total. The van der Waals surface area contributed by atoms with Gasteiger partial charge >= 0.3 is 0 Å². The molecule has 2 rings (SSSR count). The Hall–Kier alpha value is -1.06. The number of rotatable bonds is 4. The molecule has 18 heavy (non-hydrogen) atoms. The Labute approximate surface area is 110 Å². The maximum absolute atomic E-state index is 6.22. The molecule has 0 aliphatic carbocycles. The van der Waals surface area contributed by atoms with Gasteiger partial charge in [-0.2, -0.15) is 0 Å². The zero-order valence-corrected chi connectivity index (χ0v) is 11.4. The fourth-order valence-electron chi connectivity index (χ4n) is 2.75. The number of benzene rings is 1. The summed E-state index contributed by atoms with van der Waals surface area (Å²) in [6.07, 6.45) is 2.16. The van der Waals surface area contributed by atoms with E-state index in [0.29, 0.717) is 18.6 Å². The molecule has 0 amide bonds. The van der Waals surface area contributed by atoms with Crippen LogP contribution >= 0.6 is 0 Å². The summed E-state index contributed by atoms with van der Waals surface area (Å²) < 4.78 is 5.55. The van der Waals surface area contributed by atoms with Gasteiger partial charge in [0.15, 0.2) is 0 Å². The average Bonchev–Trinajstić information content (AvgIpc) is 2.39. The van der Waals surface area contributed by atoms with Crippen molar-refractivity contribution in [1.82, 2.24) is 5.32 Å². The standard InChI is InChI=1S/C15H24N2O/c1-3-15-14(16)9-12(10-17-15)11-6-5-7-13(8-11)18-4-2/h5-8,12,14-15,17H,3-4,9-10,16H2,1-2H3. The maximum Gasteiger partial charge on any atom is 0.119 e. The van der Waals surface area contributed by atoms with Crippen molar-refractivity contribution in [1.29, 1.82) is 0 Å². The Kier molecular flexibility index (Phi) is 4.61. The van der Waals surface area contributed by atoms with Gasteiger partial charge in [-0.15, -0.1) is 0 Å². The van der Waals surface area contributed by atoms with Crippen LogP contribution in [0.5, 0.6) is 5.75 Å². The third-order valence-corrected chi connectivity index (χ3v) is 3.78. The van der Waals surface area contributed by atoms with Gasteiger partial charge in [-0.25, -0.2) is 0 Å². The Morgan fingerprint density at radius 1 is 1.39 bits per heavy atom. The second kappa shape index (κ2) is 6.21.